The smallest absolute Gasteiger partial charge is 0.416 e. The molecule has 3 aromatic carbocycles. The molecular weight excluding hydrogens is 507 g/mol. The summed E-state index contributed by atoms with van der Waals surface area (Å²) in [6, 6.07) is 18.5. The number of aromatic hydroxyl groups is 1. The lowest BCUT2D eigenvalue weighted by Crippen LogP contribution is -2.56. The molecule has 0 aromatic heterocycles. The van der Waals surface area contributed by atoms with Gasteiger partial charge in [-0.15, -0.1) is 0 Å². The van der Waals surface area contributed by atoms with Crippen molar-refractivity contribution in [2.45, 2.75) is 39.0 Å². The molecule has 0 radical (unpaired) electrons. The maximum absolute atomic E-state index is 13.0. The van der Waals surface area contributed by atoms with Crippen LogP contribution in [0.3, 0.4) is 0 Å². The summed E-state index contributed by atoms with van der Waals surface area (Å²) in [4.78, 5) is 17.7. The predicted molar refractivity (Wildman–Crippen MR) is 145 cm³/mol. The molecule has 3 aromatic rings. The number of amides is 1. The van der Waals surface area contributed by atoms with Gasteiger partial charge in [0.05, 0.1) is 5.56 Å². The summed E-state index contributed by atoms with van der Waals surface area (Å²) < 4.78 is 43.9. The molecule has 0 aliphatic carbocycles. The third-order valence-electron chi connectivity index (χ3n) is 6.98. The molecule has 9 heteroatoms. The number of nitrogens with zero attached hydrogens (tertiary/aromatic N) is 2. The van der Waals surface area contributed by atoms with E-state index in [9.17, 15) is 23.1 Å². The third kappa shape index (κ3) is 7.44. The Morgan fingerprint density at radius 3 is 2.23 bits per heavy atom. The summed E-state index contributed by atoms with van der Waals surface area (Å²) in [6.07, 6.45) is -4.40. The molecule has 1 aliphatic rings. The number of piperazine rings is 1. The highest BCUT2D eigenvalue weighted by Gasteiger charge is 2.30. The van der Waals surface area contributed by atoms with Gasteiger partial charge in [0.2, 0.25) is 0 Å². The van der Waals surface area contributed by atoms with E-state index in [4.69, 9.17) is 4.74 Å². The third-order valence-corrected chi connectivity index (χ3v) is 6.98. The minimum atomic E-state index is -4.40. The van der Waals surface area contributed by atoms with Crippen LogP contribution in [0.25, 0.3) is 0 Å². The predicted octanol–water partition coefficient (Wildman–Crippen LogP) is 6.17. The Morgan fingerprint density at radius 1 is 1.03 bits per heavy atom. The molecule has 0 saturated carbocycles. The lowest BCUT2D eigenvalue weighted by Gasteiger charge is -2.42. The van der Waals surface area contributed by atoms with Crippen LogP contribution in [-0.4, -0.2) is 54.2 Å². The van der Waals surface area contributed by atoms with Crippen molar-refractivity contribution in [2.24, 2.45) is 5.92 Å². The number of hydrogen-bond donors (Lipinski definition) is 2. The first-order valence-electron chi connectivity index (χ1n) is 13.0. The maximum Gasteiger partial charge on any atom is 0.416 e. The van der Waals surface area contributed by atoms with E-state index >= 15 is 0 Å². The number of phenolic OH excluding ortho intramolecular Hbond substituents is 1. The summed E-state index contributed by atoms with van der Waals surface area (Å²) in [5.74, 6) is 0.976. The van der Waals surface area contributed by atoms with Crippen LogP contribution in [0, 0.1) is 5.92 Å². The number of alkyl halides is 3. The largest absolute Gasteiger partial charge is 0.508 e. The van der Waals surface area contributed by atoms with E-state index in [0.717, 1.165) is 44.0 Å². The Morgan fingerprint density at radius 2 is 1.67 bits per heavy atom. The second kappa shape index (κ2) is 12.0. The van der Waals surface area contributed by atoms with Gasteiger partial charge in [0.1, 0.15) is 17.2 Å². The van der Waals surface area contributed by atoms with E-state index in [-0.39, 0.29) is 35.4 Å². The number of anilines is 1. The van der Waals surface area contributed by atoms with Crippen molar-refractivity contribution in [1.29, 1.82) is 0 Å². The Hall–Kier alpha value is -3.72. The molecule has 1 amide bonds. The molecule has 2 N–H and O–H groups in total. The zero-order valence-corrected chi connectivity index (χ0v) is 22.3. The highest BCUT2D eigenvalue weighted by atomic mass is 19.4. The van der Waals surface area contributed by atoms with Gasteiger partial charge in [0.25, 0.3) is 5.91 Å². The second-order valence-corrected chi connectivity index (χ2v) is 10.3. The van der Waals surface area contributed by atoms with E-state index in [0.29, 0.717) is 11.3 Å². The SMILES string of the molecule is CC(C)[C@@H](CN1CCN(c2cccc(O)c2)[C@@H](C)C1)NC(=O)c1ccc(Oc2ccc(C(F)(F)F)cc2)cc1. The first kappa shape index (κ1) is 28.3. The molecule has 6 nitrogen and oxygen atoms in total. The molecule has 39 heavy (non-hydrogen) atoms. The van der Waals surface area contributed by atoms with E-state index in [1.807, 2.05) is 12.1 Å². The number of carbonyl (C=O) groups excluding carboxylic acids is 1. The van der Waals surface area contributed by atoms with E-state index in [1.54, 1.807) is 36.4 Å². The van der Waals surface area contributed by atoms with Crippen molar-refractivity contribution in [1.82, 2.24) is 10.2 Å². The van der Waals surface area contributed by atoms with Crippen molar-refractivity contribution in [3.05, 3.63) is 83.9 Å². The number of nitrogens with one attached hydrogen (secondary N) is 1. The van der Waals surface area contributed by atoms with Crippen molar-refractivity contribution in [2.75, 3.05) is 31.1 Å². The summed E-state index contributed by atoms with van der Waals surface area (Å²) in [5.41, 5.74) is 0.735. The summed E-state index contributed by atoms with van der Waals surface area (Å²) in [6.45, 7) is 9.55. The lowest BCUT2D eigenvalue weighted by atomic mass is 10.0. The molecule has 0 unspecified atom stereocenters. The number of phenols is 1. The van der Waals surface area contributed by atoms with Crippen molar-refractivity contribution in [3.63, 3.8) is 0 Å². The van der Waals surface area contributed by atoms with Crippen LogP contribution < -0.4 is 15.0 Å². The van der Waals surface area contributed by atoms with Gasteiger partial charge in [-0.05, 0) is 73.5 Å². The average molecular weight is 542 g/mol. The molecule has 1 fully saturated rings. The molecule has 1 aliphatic heterocycles. The van der Waals surface area contributed by atoms with Gasteiger partial charge in [-0.2, -0.15) is 13.2 Å². The quantitative estimate of drug-likeness (QED) is 0.357. The monoisotopic (exact) mass is 541 g/mol. The highest BCUT2D eigenvalue weighted by Crippen LogP contribution is 2.31. The van der Waals surface area contributed by atoms with Crippen LogP contribution in [0.1, 0.15) is 36.7 Å². The summed E-state index contributed by atoms with van der Waals surface area (Å²) in [5, 5.41) is 13.0. The van der Waals surface area contributed by atoms with Crippen LogP contribution in [0.5, 0.6) is 17.2 Å². The minimum absolute atomic E-state index is 0.0555. The van der Waals surface area contributed by atoms with Gasteiger partial charge >= 0.3 is 6.18 Å². The number of halogens is 3. The molecule has 0 bridgehead atoms. The molecule has 208 valence electrons. The maximum atomic E-state index is 13.0. The molecule has 2 atom stereocenters. The van der Waals surface area contributed by atoms with E-state index in [2.05, 4.69) is 35.9 Å². The van der Waals surface area contributed by atoms with Gasteiger partial charge in [0.15, 0.2) is 0 Å². The fraction of sp³-hybridized carbons (Fsp3) is 0.367. The fourth-order valence-corrected chi connectivity index (χ4v) is 4.73. The lowest BCUT2D eigenvalue weighted by molar-refractivity contribution is -0.137. The van der Waals surface area contributed by atoms with Crippen LogP contribution in [0.15, 0.2) is 72.8 Å². The highest BCUT2D eigenvalue weighted by molar-refractivity contribution is 5.94. The average Bonchev–Trinajstić information content (AvgIpc) is 2.88. The van der Waals surface area contributed by atoms with Crippen LogP contribution in [0.4, 0.5) is 18.9 Å². The van der Waals surface area contributed by atoms with Gasteiger partial charge in [-0.1, -0.05) is 19.9 Å². The number of rotatable bonds is 8. The van der Waals surface area contributed by atoms with Gasteiger partial charge in [0, 0.05) is 55.6 Å². The Labute approximate surface area is 227 Å². The molecule has 1 saturated heterocycles. The molecular formula is C30H34F3N3O3. The Balaban J connectivity index is 1.32. The van der Waals surface area contributed by atoms with Crippen molar-refractivity contribution < 1.29 is 27.8 Å². The summed E-state index contributed by atoms with van der Waals surface area (Å²) in [7, 11) is 0. The van der Waals surface area contributed by atoms with E-state index < -0.39 is 11.7 Å². The number of carbonyl (C=O) groups is 1. The van der Waals surface area contributed by atoms with Crippen LogP contribution in [0.2, 0.25) is 0 Å². The number of hydrogen-bond acceptors (Lipinski definition) is 5. The second-order valence-electron chi connectivity index (χ2n) is 10.3. The standard InChI is InChI=1S/C30H34F3N3O3/c1-20(2)28(19-35-15-16-36(21(3)18-35)24-5-4-6-25(37)17-24)34-29(38)22-7-11-26(12-8-22)39-27-13-9-23(10-14-27)30(31,32)33/h4-14,17,20-21,28,37H,15-16,18-19H2,1-3H3,(H,34,38)/t21-,28+/m0/s1. The molecule has 1 heterocycles. The van der Waals surface area contributed by atoms with E-state index in [1.165, 1.54) is 12.1 Å². The van der Waals surface area contributed by atoms with Crippen molar-refractivity contribution in [3.8, 4) is 17.2 Å². The van der Waals surface area contributed by atoms with Crippen LogP contribution >= 0.6 is 0 Å². The topological polar surface area (TPSA) is 65.0 Å². The number of benzene rings is 3. The molecule has 4 rings (SSSR count). The first-order valence-corrected chi connectivity index (χ1v) is 13.0. The van der Waals surface area contributed by atoms with Crippen molar-refractivity contribution >= 4 is 11.6 Å². The van der Waals surface area contributed by atoms with Crippen LogP contribution in [-0.2, 0) is 6.18 Å². The normalized spacial score (nSPS) is 17.2. The van der Waals surface area contributed by atoms with Gasteiger partial charge in [-0.3, -0.25) is 9.69 Å². The fourth-order valence-electron chi connectivity index (χ4n) is 4.73. The zero-order chi connectivity index (χ0) is 28.2. The minimum Gasteiger partial charge on any atom is -0.508 e. The molecule has 0 spiro atoms. The Bertz CT molecular complexity index is 1250. The number of ether oxygens (including phenoxy) is 1. The summed E-state index contributed by atoms with van der Waals surface area (Å²) >= 11 is 0. The first-order chi connectivity index (χ1) is 18.5. The zero-order valence-electron chi connectivity index (χ0n) is 22.3. The Kier molecular flexibility index (Phi) is 8.70. The van der Waals surface area contributed by atoms with Gasteiger partial charge < -0.3 is 20.1 Å². The van der Waals surface area contributed by atoms with Gasteiger partial charge in [-0.25, -0.2) is 0 Å².